The van der Waals surface area contributed by atoms with Gasteiger partial charge in [0, 0.05) is 0 Å². The summed E-state index contributed by atoms with van der Waals surface area (Å²) in [7, 11) is 0. The Morgan fingerprint density at radius 1 is 1.25 bits per heavy atom. The van der Waals surface area contributed by atoms with E-state index < -0.39 is 0 Å². The minimum atomic E-state index is -0.318. The first-order chi connectivity index (χ1) is 7.44. The molecule has 16 heavy (non-hydrogen) atoms. The van der Waals surface area contributed by atoms with E-state index in [-0.39, 0.29) is 11.4 Å². The number of hydrogen-bond donors (Lipinski definition) is 0. The number of carbonyl (C=O) groups is 1. The molecule has 0 aliphatic rings. The van der Waals surface area contributed by atoms with E-state index in [0.717, 1.165) is 32.1 Å². The molecular weight excluding hydrogens is 200 g/mol. The summed E-state index contributed by atoms with van der Waals surface area (Å²) in [5.41, 5.74) is -0.318. The maximum Gasteiger partial charge on any atom is 0.311 e. The van der Waals surface area contributed by atoms with E-state index in [1.165, 1.54) is 0 Å². The lowest BCUT2D eigenvalue weighted by atomic mass is 9.87. The van der Waals surface area contributed by atoms with E-state index >= 15 is 0 Å². The van der Waals surface area contributed by atoms with Crippen molar-refractivity contribution in [1.29, 1.82) is 0 Å². The van der Waals surface area contributed by atoms with Crippen LogP contribution in [0.15, 0.2) is 0 Å². The van der Waals surface area contributed by atoms with E-state index in [9.17, 15) is 4.79 Å². The molecule has 0 amide bonds. The molecule has 0 heterocycles. The molecule has 0 aliphatic carbocycles. The van der Waals surface area contributed by atoms with E-state index in [1.54, 1.807) is 0 Å². The summed E-state index contributed by atoms with van der Waals surface area (Å²) in [4.78, 5) is 11.9. The average molecular weight is 228 g/mol. The van der Waals surface area contributed by atoms with Gasteiger partial charge < -0.3 is 4.74 Å². The molecule has 0 aliphatic heterocycles. The Bertz CT molecular complexity index is 197. The zero-order chi connectivity index (χ0) is 12.6. The first-order valence-corrected chi connectivity index (χ1v) is 6.61. The number of esters is 1. The molecule has 0 spiro atoms. The minimum absolute atomic E-state index is 0.0381. The first-order valence-electron chi connectivity index (χ1n) is 6.61. The minimum Gasteiger partial charge on any atom is -0.465 e. The summed E-state index contributed by atoms with van der Waals surface area (Å²) in [6.07, 6.45) is 5.42. The van der Waals surface area contributed by atoms with Crippen LogP contribution in [-0.2, 0) is 9.53 Å². The molecule has 0 aromatic carbocycles. The third kappa shape index (κ3) is 6.14. The van der Waals surface area contributed by atoms with Crippen LogP contribution in [0.4, 0.5) is 0 Å². The molecule has 0 rings (SSSR count). The molecule has 0 bridgehead atoms. The molecule has 0 radical (unpaired) electrons. The lowest BCUT2D eigenvalue weighted by Crippen LogP contribution is -2.28. The predicted octanol–water partition coefficient (Wildman–Crippen LogP) is 4.18. The topological polar surface area (TPSA) is 26.3 Å². The van der Waals surface area contributed by atoms with E-state index in [4.69, 9.17) is 4.74 Å². The Morgan fingerprint density at radius 3 is 2.38 bits per heavy atom. The van der Waals surface area contributed by atoms with Gasteiger partial charge in [0.15, 0.2) is 0 Å². The van der Waals surface area contributed by atoms with Gasteiger partial charge in [0.2, 0.25) is 0 Å². The molecule has 0 saturated heterocycles. The second-order valence-electron chi connectivity index (χ2n) is 5.48. The van der Waals surface area contributed by atoms with Crippen molar-refractivity contribution in [2.45, 2.75) is 66.7 Å². The Balaban J connectivity index is 3.94. The zero-order valence-corrected chi connectivity index (χ0v) is 11.6. The summed E-state index contributed by atoms with van der Waals surface area (Å²) in [6.45, 7) is 11.0. The van der Waals surface area contributed by atoms with Gasteiger partial charge in [0.05, 0.1) is 12.0 Å². The molecule has 0 aromatic heterocycles. The Labute approximate surface area is 101 Å². The highest BCUT2D eigenvalue weighted by Crippen LogP contribution is 2.25. The number of hydrogen-bond acceptors (Lipinski definition) is 2. The highest BCUT2D eigenvalue weighted by molar-refractivity contribution is 5.75. The second-order valence-corrected chi connectivity index (χ2v) is 5.48. The summed E-state index contributed by atoms with van der Waals surface area (Å²) in [5, 5.41) is 0. The van der Waals surface area contributed by atoms with Crippen LogP contribution in [0, 0.1) is 11.3 Å². The number of ether oxygens (including phenoxy) is 1. The molecular formula is C14H28O2. The van der Waals surface area contributed by atoms with Crippen LogP contribution in [0.1, 0.15) is 66.7 Å². The fourth-order valence-electron chi connectivity index (χ4n) is 1.71. The Morgan fingerprint density at radius 2 is 1.88 bits per heavy atom. The summed E-state index contributed by atoms with van der Waals surface area (Å²) >= 11 is 0. The molecule has 2 nitrogen and oxygen atoms in total. The fraction of sp³-hybridized carbons (Fsp3) is 0.929. The smallest absolute Gasteiger partial charge is 0.311 e. The molecule has 0 aromatic rings. The van der Waals surface area contributed by atoms with E-state index in [2.05, 4.69) is 20.8 Å². The van der Waals surface area contributed by atoms with Gasteiger partial charge in [-0.2, -0.15) is 0 Å². The molecule has 1 unspecified atom stereocenters. The van der Waals surface area contributed by atoms with Crippen molar-refractivity contribution in [3.8, 4) is 0 Å². The molecule has 1 atom stereocenters. The Hall–Kier alpha value is -0.530. The van der Waals surface area contributed by atoms with Crippen LogP contribution >= 0.6 is 0 Å². The standard InChI is InChI=1S/C14H28O2/c1-6-8-10-14(4,5)13(15)16-11-12(3)9-7-2/h12H,6-11H2,1-5H3. The quantitative estimate of drug-likeness (QED) is 0.582. The molecule has 2 heteroatoms. The normalized spacial score (nSPS) is 13.6. The maximum atomic E-state index is 11.9. The first kappa shape index (κ1) is 15.5. The third-order valence-electron chi connectivity index (χ3n) is 2.99. The van der Waals surface area contributed by atoms with E-state index in [1.807, 2.05) is 13.8 Å². The highest BCUT2D eigenvalue weighted by Gasteiger charge is 2.28. The summed E-state index contributed by atoms with van der Waals surface area (Å²) in [6, 6.07) is 0. The highest BCUT2D eigenvalue weighted by atomic mass is 16.5. The van der Waals surface area contributed by atoms with Gasteiger partial charge in [-0.1, -0.05) is 40.0 Å². The fourth-order valence-corrected chi connectivity index (χ4v) is 1.71. The van der Waals surface area contributed by atoms with Crippen LogP contribution in [0.5, 0.6) is 0 Å². The monoisotopic (exact) mass is 228 g/mol. The van der Waals surface area contributed by atoms with Gasteiger partial charge in [-0.15, -0.1) is 0 Å². The van der Waals surface area contributed by atoms with Crippen molar-refractivity contribution >= 4 is 5.97 Å². The molecule has 96 valence electrons. The largest absolute Gasteiger partial charge is 0.465 e. The summed E-state index contributed by atoms with van der Waals surface area (Å²) in [5.74, 6) is 0.444. The number of carbonyl (C=O) groups excluding carboxylic acids is 1. The number of rotatable bonds is 8. The average Bonchev–Trinajstić information content (AvgIpc) is 2.23. The lowest BCUT2D eigenvalue weighted by Gasteiger charge is -2.23. The second kappa shape index (κ2) is 7.70. The SMILES string of the molecule is CCCCC(C)(C)C(=O)OCC(C)CCC. The third-order valence-corrected chi connectivity index (χ3v) is 2.99. The molecule has 0 saturated carbocycles. The van der Waals surface area contributed by atoms with E-state index in [0.29, 0.717) is 12.5 Å². The molecule has 0 fully saturated rings. The van der Waals surface area contributed by atoms with Gasteiger partial charge in [0.1, 0.15) is 0 Å². The predicted molar refractivity (Wildman–Crippen MR) is 68.3 cm³/mol. The van der Waals surface area contributed by atoms with Crippen molar-refractivity contribution < 1.29 is 9.53 Å². The van der Waals surface area contributed by atoms with Crippen LogP contribution in [0.3, 0.4) is 0 Å². The van der Waals surface area contributed by atoms with Gasteiger partial charge >= 0.3 is 5.97 Å². The molecule has 0 N–H and O–H groups in total. The van der Waals surface area contributed by atoms with Crippen molar-refractivity contribution in [3.05, 3.63) is 0 Å². The van der Waals surface area contributed by atoms with Crippen LogP contribution < -0.4 is 0 Å². The van der Waals surface area contributed by atoms with Crippen molar-refractivity contribution in [3.63, 3.8) is 0 Å². The Kier molecular flexibility index (Phi) is 7.44. The van der Waals surface area contributed by atoms with Gasteiger partial charge in [-0.05, 0) is 32.6 Å². The van der Waals surface area contributed by atoms with Crippen molar-refractivity contribution in [2.75, 3.05) is 6.61 Å². The summed E-state index contributed by atoms with van der Waals surface area (Å²) < 4.78 is 5.38. The van der Waals surface area contributed by atoms with Crippen molar-refractivity contribution in [2.24, 2.45) is 11.3 Å². The van der Waals surface area contributed by atoms with Gasteiger partial charge in [-0.3, -0.25) is 4.79 Å². The van der Waals surface area contributed by atoms with Crippen LogP contribution in [0.25, 0.3) is 0 Å². The lowest BCUT2D eigenvalue weighted by molar-refractivity contribution is -0.155. The van der Waals surface area contributed by atoms with Crippen LogP contribution in [0.2, 0.25) is 0 Å². The van der Waals surface area contributed by atoms with Crippen LogP contribution in [-0.4, -0.2) is 12.6 Å². The maximum absolute atomic E-state index is 11.9. The zero-order valence-electron chi connectivity index (χ0n) is 11.6. The van der Waals surface area contributed by atoms with Gasteiger partial charge in [0.25, 0.3) is 0 Å². The van der Waals surface area contributed by atoms with Gasteiger partial charge in [-0.25, -0.2) is 0 Å². The number of unbranched alkanes of at least 4 members (excludes halogenated alkanes) is 1. The van der Waals surface area contributed by atoms with Crippen molar-refractivity contribution in [1.82, 2.24) is 0 Å².